The normalized spacial score (nSPS) is 14.1. The fourth-order valence-electron chi connectivity index (χ4n) is 3.48. The molecule has 0 saturated carbocycles. The summed E-state index contributed by atoms with van der Waals surface area (Å²) < 4.78 is 22.5. The third kappa shape index (κ3) is 6.33. The first-order valence-electron chi connectivity index (χ1n) is 10.9. The molecule has 0 atom stereocenters. The summed E-state index contributed by atoms with van der Waals surface area (Å²) in [6, 6.07) is 11.3. The Balaban J connectivity index is 1.51. The van der Waals surface area contributed by atoms with Crippen LogP contribution in [0.2, 0.25) is 0 Å². The third-order valence-corrected chi connectivity index (χ3v) is 5.24. The van der Waals surface area contributed by atoms with Gasteiger partial charge in [0.1, 0.15) is 13.2 Å². The van der Waals surface area contributed by atoms with Crippen molar-refractivity contribution in [3.63, 3.8) is 0 Å². The van der Waals surface area contributed by atoms with E-state index in [2.05, 4.69) is 26.1 Å². The van der Waals surface area contributed by atoms with Gasteiger partial charge in [0.15, 0.2) is 11.5 Å². The number of fused-ring (bicyclic) bond motifs is 1. The van der Waals surface area contributed by atoms with Crippen molar-refractivity contribution in [2.45, 2.75) is 0 Å². The molecule has 0 unspecified atom stereocenters. The Labute approximate surface area is 193 Å². The Hall–Kier alpha value is -3.38. The predicted molar refractivity (Wildman–Crippen MR) is 127 cm³/mol. The maximum Gasteiger partial charge on any atom is 0.227 e. The van der Waals surface area contributed by atoms with Crippen molar-refractivity contribution in [1.82, 2.24) is 14.9 Å². The van der Waals surface area contributed by atoms with E-state index >= 15 is 0 Å². The predicted octanol–water partition coefficient (Wildman–Crippen LogP) is 3.09. The minimum atomic E-state index is 0.414. The van der Waals surface area contributed by atoms with Crippen LogP contribution in [0.4, 0.5) is 11.6 Å². The topological polar surface area (TPSA) is 78.0 Å². The number of hydrogen-bond donors (Lipinski definition) is 1. The van der Waals surface area contributed by atoms with Crippen molar-refractivity contribution >= 4 is 22.5 Å². The summed E-state index contributed by atoms with van der Waals surface area (Å²) in [4.78, 5) is 11.4. The fourth-order valence-corrected chi connectivity index (χ4v) is 3.48. The van der Waals surface area contributed by atoms with Gasteiger partial charge in [0.25, 0.3) is 0 Å². The van der Waals surface area contributed by atoms with Crippen molar-refractivity contribution < 1.29 is 18.9 Å². The van der Waals surface area contributed by atoms with E-state index in [1.54, 1.807) is 13.3 Å². The Morgan fingerprint density at radius 1 is 1.09 bits per heavy atom. The van der Waals surface area contributed by atoms with Crippen LogP contribution >= 0.6 is 0 Å². The molecule has 1 aromatic heterocycles. The van der Waals surface area contributed by atoms with Crippen LogP contribution in [-0.2, 0) is 9.47 Å². The van der Waals surface area contributed by atoms with E-state index < -0.39 is 0 Å². The second-order valence-corrected chi connectivity index (χ2v) is 7.55. The van der Waals surface area contributed by atoms with Crippen LogP contribution in [0.15, 0.2) is 42.6 Å². The first-order valence-corrected chi connectivity index (χ1v) is 10.9. The first-order chi connectivity index (χ1) is 16.2. The van der Waals surface area contributed by atoms with Gasteiger partial charge in [-0.1, -0.05) is 12.0 Å². The van der Waals surface area contributed by atoms with Crippen LogP contribution < -0.4 is 14.8 Å². The monoisotopic (exact) mass is 448 g/mol. The molecule has 0 bridgehead atoms. The van der Waals surface area contributed by atoms with Crippen LogP contribution in [0.3, 0.4) is 0 Å². The fraction of sp³-hybridized carbons (Fsp3) is 0.360. The zero-order chi connectivity index (χ0) is 22.9. The summed E-state index contributed by atoms with van der Waals surface area (Å²) in [5.74, 6) is 4.39. The number of methoxy groups -OCH3 is 1. The molecule has 1 saturated heterocycles. The SMILES string of the molecule is C#Cc1cccc(Nc2ncc3cc(OCCN4CCOCC4)c(OCCOC)cc3n2)c1. The number of nitrogens with zero attached hydrogens (tertiary/aromatic N) is 3. The molecule has 33 heavy (non-hydrogen) atoms. The standard InChI is InChI=1S/C25H28N4O4/c1-3-19-5-4-6-21(15-19)27-25-26-18-20-16-23(32-12-9-29-7-10-31-11-8-29)24(17-22(20)28-25)33-14-13-30-2/h1,4-6,15-18H,7-14H2,2H3,(H,26,27,28). The number of benzene rings is 2. The number of rotatable bonds is 10. The molecule has 1 fully saturated rings. The van der Waals surface area contributed by atoms with Crippen molar-refractivity contribution in [2.75, 3.05) is 65.1 Å². The van der Waals surface area contributed by atoms with E-state index in [1.807, 2.05) is 36.4 Å². The molecule has 0 radical (unpaired) electrons. The van der Waals surface area contributed by atoms with Crippen LogP contribution in [0.1, 0.15) is 5.56 Å². The molecule has 172 valence electrons. The number of aromatic nitrogens is 2. The molecule has 8 heteroatoms. The maximum absolute atomic E-state index is 6.09. The van der Waals surface area contributed by atoms with Crippen LogP contribution in [0.25, 0.3) is 10.9 Å². The number of nitrogens with one attached hydrogen (secondary N) is 1. The van der Waals surface area contributed by atoms with Crippen LogP contribution in [0, 0.1) is 12.3 Å². The molecule has 0 aliphatic carbocycles. The number of ether oxygens (including phenoxy) is 4. The summed E-state index contributed by atoms with van der Waals surface area (Å²) in [5.41, 5.74) is 2.35. The van der Waals surface area contributed by atoms with Crippen molar-refractivity contribution in [3.05, 3.63) is 48.2 Å². The summed E-state index contributed by atoms with van der Waals surface area (Å²) in [7, 11) is 1.64. The molecule has 2 heterocycles. The molecular weight excluding hydrogens is 420 g/mol. The van der Waals surface area contributed by atoms with E-state index in [1.165, 1.54) is 0 Å². The Kier molecular flexibility index (Phi) is 7.93. The van der Waals surface area contributed by atoms with Crippen LogP contribution in [-0.4, -0.2) is 74.6 Å². The van der Waals surface area contributed by atoms with E-state index in [-0.39, 0.29) is 0 Å². The maximum atomic E-state index is 6.09. The highest BCUT2D eigenvalue weighted by atomic mass is 16.5. The first kappa shape index (κ1) is 22.8. The molecule has 1 aliphatic heterocycles. The van der Waals surface area contributed by atoms with Gasteiger partial charge in [0.05, 0.1) is 25.3 Å². The number of hydrogen-bond acceptors (Lipinski definition) is 8. The van der Waals surface area contributed by atoms with E-state index in [9.17, 15) is 0 Å². The van der Waals surface area contributed by atoms with Gasteiger partial charge >= 0.3 is 0 Å². The smallest absolute Gasteiger partial charge is 0.227 e. The van der Waals surface area contributed by atoms with Gasteiger partial charge in [-0.3, -0.25) is 4.90 Å². The minimum Gasteiger partial charge on any atom is -0.488 e. The second-order valence-electron chi connectivity index (χ2n) is 7.55. The zero-order valence-corrected chi connectivity index (χ0v) is 18.8. The Morgan fingerprint density at radius 2 is 1.91 bits per heavy atom. The highest BCUT2D eigenvalue weighted by Gasteiger charge is 2.13. The number of terminal acetylenes is 1. The highest BCUT2D eigenvalue weighted by Crippen LogP contribution is 2.32. The Bertz CT molecular complexity index is 1110. The van der Waals surface area contributed by atoms with E-state index in [0.717, 1.165) is 55.0 Å². The molecule has 0 spiro atoms. The Morgan fingerprint density at radius 3 is 2.73 bits per heavy atom. The van der Waals surface area contributed by atoms with Gasteiger partial charge in [0.2, 0.25) is 5.95 Å². The third-order valence-electron chi connectivity index (χ3n) is 5.24. The van der Waals surface area contributed by atoms with Crippen molar-refractivity contribution in [3.8, 4) is 23.8 Å². The number of morpholine rings is 1. The zero-order valence-electron chi connectivity index (χ0n) is 18.8. The lowest BCUT2D eigenvalue weighted by Gasteiger charge is -2.26. The van der Waals surface area contributed by atoms with Crippen molar-refractivity contribution in [2.24, 2.45) is 0 Å². The molecule has 1 N–H and O–H groups in total. The van der Waals surface area contributed by atoms with Gasteiger partial charge < -0.3 is 24.3 Å². The highest BCUT2D eigenvalue weighted by molar-refractivity contribution is 5.83. The van der Waals surface area contributed by atoms with Gasteiger partial charge in [-0.05, 0) is 24.3 Å². The van der Waals surface area contributed by atoms with E-state index in [4.69, 9.17) is 25.4 Å². The average molecular weight is 449 g/mol. The molecule has 8 nitrogen and oxygen atoms in total. The average Bonchev–Trinajstić information content (AvgIpc) is 2.85. The number of anilines is 2. The second kappa shape index (κ2) is 11.5. The molecule has 2 aromatic carbocycles. The lowest BCUT2D eigenvalue weighted by molar-refractivity contribution is 0.0320. The van der Waals surface area contributed by atoms with Crippen LogP contribution in [0.5, 0.6) is 11.5 Å². The van der Waals surface area contributed by atoms with Gasteiger partial charge in [-0.2, -0.15) is 0 Å². The molecular formula is C25H28N4O4. The summed E-state index contributed by atoms with van der Waals surface area (Å²) in [6.07, 6.45) is 7.26. The van der Waals surface area contributed by atoms with Gasteiger partial charge in [0, 0.05) is 55.6 Å². The molecule has 1 aliphatic rings. The summed E-state index contributed by atoms with van der Waals surface area (Å²) in [6.45, 7) is 5.65. The lowest BCUT2D eigenvalue weighted by atomic mass is 10.2. The molecule has 4 rings (SSSR count). The van der Waals surface area contributed by atoms with E-state index in [0.29, 0.717) is 37.3 Å². The largest absolute Gasteiger partial charge is 0.488 e. The summed E-state index contributed by atoms with van der Waals surface area (Å²) >= 11 is 0. The molecule has 0 amide bonds. The van der Waals surface area contributed by atoms with Gasteiger partial charge in [-0.25, -0.2) is 9.97 Å². The molecule has 3 aromatic rings. The van der Waals surface area contributed by atoms with Crippen molar-refractivity contribution in [1.29, 1.82) is 0 Å². The quantitative estimate of drug-likeness (QED) is 0.375. The minimum absolute atomic E-state index is 0.414. The van der Waals surface area contributed by atoms with Gasteiger partial charge in [-0.15, -0.1) is 6.42 Å². The lowest BCUT2D eigenvalue weighted by Crippen LogP contribution is -2.38. The summed E-state index contributed by atoms with van der Waals surface area (Å²) in [5, 5.41) is 4.06.